The summed E-state index contributed by atoms with van der Waals surface area (Å²) < 4.78 is 10.4. The van der Waals surface area contributed by atoms with Gasteiger partial charge in [0.1, 0.15) is 0 Å². The van der Waals surface area contributed by atoms with Gasteiger partial charge < -0.3 is 14.8 Å². The molecule has 1 aliphatic heterocycles. The van der Waals surface area contributed by atoms with Gasteiger partial charge in [0.15, 0.2) is 0 Å². The van der Waals surface area contributed by atoms with Gasteiger partial charge in [-0.05, 0) is 13.0 Å². The van der Waals surface area contributed by atoms with Crippen LogP contribution in [0, 0.1) is 5.92 Å². The minimum atomic E-state index is 0.337. The van der Waals surface area contributed by atoms with Crippen molar-refractivity contribution >= 4 is 0 Å². The van der Waals surface area contributed by atoms with Gasteiger partial charge in [-0.2, -0.15) is 0 Å². The zero-order valence-electron chi connectivity index (χ0n) is 7.30. The second-order valence-corrected chi connectivity index (χ2v) is 2.98. The molecule has 0 bridgehead atoms. The highest BCUT2D eigenvalue weighted by atomic mass is 16.5. The lowest BCUT2D eigenvalue weighted by molar-refractivity contribution is -0.00107. The molecule has 11 heavy (non-hydrogen) atoms. The van der Waals surface area contributed by atoms with Gasteiger partial charge in [0, 0.05) is 26.7 Å². The van der Waals surface area contributed by atoms with Crippen LogP contribution in [0.3, 0.4) is 0 Å². The van der Waals surface area contributed by atoms with Crippen molar-refractivity contribution in [2.24, 2.45) is 5.92 Å². The average molecular weight is 159 g/mol. The molecular formula is C8H17NO2. The van der Waals surface area contributed by atoms with Crippen molar-refractivity contribution in [3.8, 4) is 0 Å². The Balaban J connectivity index is 2.31. The van der Waals surface area contributed by atoms with Crippen LogP contribution < -0.4 is 5.32 Å². The summed E-state index contributed by atoms with van der Waals surface area (Å²) in [6.07, 6.45) is 1.50. The van der Waals surface area contributed by atoms with Crippen molar-refractivity contribution in [1.29, 1.82) is 0 Å². The topological polar surface area (TPSA) is 30.5 Å². The third kappa shape index (κ3) is 2.43. The Bertz CT molecular complexity index is 106. The summed E-state index contributed by atoms with van der Waals surface area (Å²) in [4.78, 5) is 0. The molecule has 3 heteroatoms. The van der Waals surface area contributed by atoms with Crippen LogP contribution in [0.1, 0.15) is 6.42 Å². The molecule has 3 nitrogen and oxygen atoms in total. The number of ether oxygens (including phenoxy) is 2. The van der Waals surface area contributed by atoms with E-state index in [9.17, 15) is 0 Å². The van der Waals surface area contributed by atoms with Gasteiger partial charge in [-0.1, -0.05) is 0 Å². The molecule has 1 fully saturated rings. The number of methoxy groups -OCH3 is 2. The second-order valence-electron chi connectivity index (χ2n) is 2.98. The molecule has 0 radical (unpaired) electrons. The number of hydrogen-bond acceptors (Lipinski definition) is 3. The van der Waals surface area contributed by atoms with Gasteiger partial charge in [0.05, 0.1) is 12.7 Å². The summed E-state index contributed by atoms with van der Waals surface area (Å²) in [5.41, 5.74) is 0. The standard InChI is InChI=1S/C8H17NO2/c1-10-6-7-3-4-9-5-8(7)11-2/h7-9H,3-6H2,1-2H3/t7-,8-/m1/s1. The fraction of sp³-hybridized carbons (Fsp3) is 1.00. The fourth-order valence-electron chi connectivity index (χ4n) is 1.56. The number of nitrogens with one attached hydrogen (secondary N) is 1. The van der Waals surface area contributed by atoms with Crippen molar-refractivity contribution in [3.63, 3.8) is 0 Å². The smallest absolute Gasteiger partial charge is 0.0746 e. The SMILES string of the molecule is COC[C@H]1CCNC[C@H]1OC. The largest absolute Gasteiger partial charge is 0.384 e. The van der Waals surface area contributed by atoms with Crippen molar-refractivity contribution in [1.82, 2.24) is 5.32 Å². The summed E-state index contributed by atoms with van der Waals surface area (Å²) in [5, 5.41) is 3.29. The molecule has 1 aliphatic rings. The predicted molar refractivity (Wildman–Crippen MR) is 43.6 cm³/mol. The van der Waals surface area contributed by atoms with E-state index in [2.05, 4.69) is 5.32 Å². The molecule has 0 unspecified atom stereocenters. The lowest BCUT2D eigenvalue weighted by atomic mass is 9.96. The van der Waals surface area contributed by atoms with Crippen LogP contribution >= 0.6 is 0 Å². The summed E-state index contributed by atoms with van der Waals surface area (Å²) in [6.45, 7) is 2.87. The Kier molecular flexibility index (Phi) is 3.83. The fourth-order valence-corrected chi connectivity index (χ4v) is 1.56. The highest BCUT2D eigenvalue weighted by Gasteiger charge is 2.23. The quantitative estimate of drug-likeness (QED) is 0.640. The van der Waals surface area contributed by atoms with Crippen LogP contribution in [0.2, 0.25) is 0 Å². The van der Waals surface area contributed by atoms with Crippen LogP contribution in [0.25, 0.3) is 0 Å². The maximum absolute atomic E-state index is 5.31. The first-order chi connectivity index (χ1) is 5.38. The molecule has 0 aromatic heterocycles. The lowest BCUT2D eigenvalue weighted by Crippen LogP contribution is -2.43. The van der Waals surface area contributed by atoms with Gasteiger partial charge in [-0.3, -0.25) is 0 Å². The first-order valence-corrected chi connectivity index (χ1v) is 4.11. The highest BCUT2D eigenvalue weighted by molar-refractivity contribution is 4.77. The molecular weight excluding hydrogens is 142 g/mol. The van der Waals surface area contributed by atoms with E-state index in [4.69, 9.17) is 9.47 Å². The summed E-state index contributed by atoms with van der Waals surface area (Å²) >= 11 is 0. The van der Waals surface area contributed by atoms with Crippen molar-refractivity contribution in [2.75, 3.05) is 33.9 Å². The van der Waals surface area contributed by atoms with Gasteiger partial charge in [-0.15, -0.1) is 0 Å². The monoisotopic (exact) mass is 159 g/mol. The molecule has 0 amide bonds. The maximum atomic E-state index is 5.31. The van der Waals surface area contributed by atoms with E-state index in [1.54, 1.807) is 14.2 Å². The van der Waals surface area contributed by atoms with E-state index in [1.165, 1.54) is 0 Å². The summed E-state index contributed by atoms with van der Waals surface area (Å²) in [7, 11) is 3.51. The van der Waals surface area contributed by atoms with Crippen LogP contribution in [0.15, 0.2) is 0 Å². The first-order valence-electron chi connectivity index (χ1n) is 4.11. The van der Waals surface area contributed by atoms with Gasteiger partial charge in [0.2, 0.25) is 0 Å². The van der Waals surface area contributed by atoms with Crippen LogP contribution in [-0.2, 0) is 9.47 Å². The predicted octanol–water partition coefficient (Wildman–Crippen LogP) is 0.257. The molecule has 0 saturated carbocycles. The van der Waals surface area contributed by atoms with Crippen LogP contribution in [0.5, 0.6) is 0 Å². The van der Waals surface area contributed by atoms with E-state index in [-0.39, 0.29) is 0 Å². The Morgan fingerprint density at radius 3 is 2.91 bits per heavy atom. The number of hydrogen-bond donors (Lipinski definition) is 1. The molecule has 1 rings (SSSR count). The average Bonchev–Trinajstić information content (AvgIpc) is 2.06. The molecule has 0 aromatic rings. The molecule has 66 valence electrons. The van der Waals surface area contributed by atoms with Crippen molar-refractivity contribution in [3.05, 3.63) is 0 Å². The Morgan fingerprint density at radius 2 is 2.27 bits per heavy atom. The Hall–Kier alpha value is -0.120. The minimum Gasteiger partial charge on any atom is -0.384 e. The summed E-state index contributed by atoms with van der Waals surface area (Å²) in [5.74, 6) is 0.575. The second kappa shape index (κ2) is 4.70. The minimum absolute atomic E-state index is 0.337. The Labute approximate surface area is 68.1 Å². The molecule has 2 atom stereocenters. The molecule has 1 saturated heterocycles. The normalized spacial score (nSPS) is 32.2. The third-order valence-corrected chi connectivity index (χ3v) is 2.25. The van der Waals surface area contributed by atoms with E-state index in [0.717, 1.165) is 26.1 Å². The van der Waals surface area contributed by atoms with E-state index >= 15 is 0 Å². The molecule has 0 aromatic carbocycles. The van der Waals surface area contributed by atoms with E-state index in [0.29, 0.717) is 12.0 Å². The zero-order chi connectivity index (χ0) is 8.10. The maximum Gasteiger partial charge on any atom is 0.0746 e. The Morgan fingerprint density at radius 1 is 1.45 bits per heavy atom. The van der Waals surface area contributed by atoms with Gasteiger partial charge >= 0.3 is 0 Å². The van der Waals surface area contributed by atoms with E-state index < -0.39 is 0 Å². The van der Waals surface area contributed by atoms with Gasteiger partial charge in [-0.25, -0.2) is 0 Å². The van der Waals surface area contributed by atoms with Crippen LogP contribution in [-0.4, -0.2) is 40.0 Å². The molecule has 0 aliphatic carbocycles. The van der Waals surface area contributed by atoms with Crippen LogP contribution in [0.4, 0.5) is 0 Å². The molecule has 0 spiro atoms. The summed E-state index contributed by atoms with van der Waals surface area (Å²) in [6, 6.07) is 0. The first kappa shape index (κ1) is 8.97. The molecule has 1 N–H and O–H groups in total. The highest BCUT2D eigenvalue weighted by Crippen LogP contribution is 2.14. The zero-order valence-corrected chi connectivity index (χ0v) is 7.30. The number of rotatable bonds is 3. The van der Waals surface area contributed by atoms with E-state index in [1.807, 2.05) is 0 Å². The lowest BCUT2D eigenvalue weighted by Gasteiger charge is -2.30. The number of piperidine rings is 1. The molecule has 1 heterocycles. The van der Waals surface area contributed by atoms with Gasteiger partial charge in [0.25, 0.3) is 0 Å². The van der Waals surface area contributed by atoms with Crippen molar-refractivity contribution in [2.45, 2.75) is 12.5 Å². The third-order valence-electron chi connectivity index (χ3n) is 2.25. The van der Waals surface area contributed by atoms with Crippen molar-refractivity contribution < 1.29 is 9.47 Å².